The summed E-state index contributed by atoms with van der Waals surface area (Å²) in [6, 6.07) is -0.186. The van der Waals surface area contributed by atoms with Crippen molar-refractivity contribution in [3.63, 3.8) is 0 Å². The Kier molecular flexibility index (Phi) is 6.96. The number of anilines is 3. The summed E-state index contributed by atoms with van der Waals surface area (Å²) in [4.78, 5) is 18.0. The van der Waals surface area contributed by atoms with Crippen LogP contribution in [0.3, 0.4) is 0 Å². The van der Waals surface area contributed by atoms with Gasteiger partial charge in [0.05, 0.1) is 12.1 Å². The maximum absolute atomic E-state index is 11.7. The van der Waals surface area contributed by atoms with Gasteiger partial charge in [-0.3, -0.25) is 9.78 Å². The number of aromatic amines is 1. The van der Waals surface area contributed by atoms with E-state index in [1.54, 1.807) is 0 Å². The summed E-state index contributed by atoms with van der Waals surface area (Å²) in [6.45, 7) is 2.52. The number of halogens is 2. The van der Waals surface area contributed by atoms with Crippen molar-refractivity contribution in [3.05, 3.63) is 10.4 Å². The van der Waals surface area contributed by atoms with Gasteiger partial charge in [-0.2, -0.15) is 4.98 Å². The first-order valence-electron chi connectivity index (χ1n) is 5.70. The zero-order valence-electron chi connectivity index (χ0n) is 10.5. The van der Waals surface area contributed by atoms with Gasteiger partial charge in [0.25, 0.3) is 5.56 Å². The van der Waals surface area contributed by atoms with E-state index in [0.29, 0.717) is 24.5 Å². The molecule has 2 rings (SSSR count). The molecule has 0 spiro atoms. The minimum atomic E-state index is -0.488. The number of aromatic nitrogens is 2. The van der Waals surface area contributed by atoms with Crippen LogP contribution in [0.1, 0.15) is 19.8 Å². The lowest BCUT2D eigenvalue weighted by Crippen LogP contribution is -2.44. The molecule has 0 aliphatic carbocycles. The number of nitrogen functional groups attached to an aromatic ring is 1. The molecule has 0 saturated carbocycles. The van der Waals surface area contributed by atoms with E-state index in [4.69, 9.17) is 5.73 Å². The second-order valence-corrected chi connectivity index (χ2v) is 4.16. The standard InChI is InChI=1S/C10H17N5O2.2ClH/c1-2-3-6(16)5-4-12-8-7(13-5)9(17)15-10(11)14-8;;/h5-6,13,16H,2-4H2,1H3,(H4,11,12,14,15,17);2*1H/t5-,6-;;/m1../s1. The number of aliphatic hydroxyl groups excluding tert-OH is 1. The lowest BCUT2D eigenvalue weighted by molar-refractivity contribution is 0.144. The van der Waals surface area contributed by atoms with Gasteiger partial charge in [-0.1, -0.05) is 13.3 Å². The van der Waals surface area contributed by atoms with Crippen LogP contribution in [0.4, 0.5) is 17.5 Å². The number of rotatable bonds is 3. The Bertz CT molecular complexity index is 468. The Balaban J connectivity index is 0.00000162. The molecule has 0 saturated heterocycles. The van der Waals surface area contributed by atoms with Crippen molar-refractivity contribution in [2.45, 2.75) is 31.9 Å². The third-order valence-electron chi connectivity index (χ3n) is 2.81. The van der Waals surface area contributed by atoms with E-state index in [-0.39, 0.29) is 42.4 Å². The fourth-order valence-corrected chi connectivity index (χ4v) is 1.92. The number of nitrogens with zero attached hydrogens (tertiary/aromatic N) is 1. The van der Waals surface area contributed by atoms with Gasteiger partial charge < -0.3 is 21.5 Å². The molecule has 0 bridgehead atoms. The molecule has 0 fully saturated rings. The molecule has 0 aromatic carbocycles. The zero-order chi connectivity index (χ0) is 12.4. The van der Waals surface area contributed by atoms with Crippen LogP contribution in [-0.4, -0.2) is 33.8 Å². The SMILES string of the molecule is CCC[C@@H](O)[C@H]1CNc2nc(N)[nH]c(=O)c2N1.Cl.Cl. The van der Waals surface area contributed by atoms with Gasteiger partial charge in [-0.25, -0.2) is 0 Å². The number of hydrogen-bond donors (Lipinski definition) is 5. The second kappa shape index (κ2) is 7.42. The largest absolute Gasteiger partial charge is 0.391 e. The molecule has 6 N–H and O–H groups in total. The van der Waals surface area contributed by atoms with Gasteiger partial charge in [0.1, 0.15) is 5.69 Å². The van der Waals surface area contributed by atoms with Crippen LogP contribution >= 0.6 is 24.8 Å². The van der Waals surface area contributed by atoms with Crippen LogP contribution in [0.2, 0.25) is 0 Å². The van der Waals surface area contributed by atoms with Crippen LogP contribution in [0, 0.1) is 0 Å². The first-order valence-corrected chi connectivity index (χ1v) is 5.70. The summed E-state index contributed by atoms with van der Waals surface area (Å²) in [5.74, 6) is 0.516. The minimum absolute atomic E-state index is 0. The van der Waals surface area contributed by atoms with Crippen LogP contribution in [0.15, 0.2) is 4.79 Å². The highest BCUT2D eigenvalue weighted by Crippen LogP contribution is 2.21. The third-order valence-corrected chi connectivity index (χ3v) is 2.81. The van der Waals surface area contributed by atoms with Crippen molar-refractivity contribution in [3.8, 4) is 0 Å². The van der Waals surface area contributed by atoms with Crippen LogP contribution in [-0.2, 0) is 0 Å². The van der Waals surface area contributed by atoms with Gasteiger partial charge in [0.2, 0.25) is 5.95 Å². The van der Waals surface area contributed by atoms with Gasteiger partial charge in [-0.15, -0.1) is 24.8 Å². The molecular formula is C10H19Cl2N5O2. The molecule has 1 aliphatic heterocycles. The van der Waals surface area contributed by atoms with E-state index in [2.05, 4.69) is 20.6 Å². The molecule has 2 heterocycles. The summed E-state index contributed by atoms with van der Waals surface area (Å²) >= 11 is 0. The molecule has 1 aromatic heterocycles. The van der Waals surface area contributed by atoms with E-state index < -0.39 is 6.10 Å². The van der Waals surface area contributed by atoms with Crippen molar-refractivity contribution >= 4 is 42.3 Å². The molecule has 110 valence electrons. The number of nitrogens with two attached hydrogens (primary N) is 1. The average molecular weight is 312 g/mol. The summed E-state index contributed by atoms with van der Waals surface area (Å²) in [5, 5.41) is 15.9. The smallest absolute Gasteiger partial charge is 0.277 e. The van der Waals surface area contributed by atoms with Crippen molar-refractivity contribution < 1.29 is 5.11 Å². The molecule has 1 aliphatic rings. The Morgan fingerprint density at radius 1 is 1.53 bits per heavy atom. The Morgan fingerprint density at radius 2 is 2.21 bits per heavy atom. The van der Waals surface area contributed by atoms with E-state index in [9.17, 15) is 9.90 Å². The summed E-state index contributed by atoms with van der Waals surface area (Å²) in [5.41, 5.74) is 5.45. The molecule has 7 nitrogen and oxygen atoms in total. The highest BCUT2D eigenvalue weighted by Gasteiger charge is 2.26. The summed E-state index contributed by atoms with van der Waals surface area (Å²) in [7, 11) is 0. The molecule has 1 aromatic rings. The number of aliphatic hydroxyl groups is 1. The fraction of sp³-hybridized carbons (Fsp3) is 0.600. The minimum Gasteiger partial charge on any atom is -0.391 e. The average Bonchev–Trinajstić information content (AvgIpc) is 2.28. The molecule has 0 unspecified atom stereocenters. The van der Waals surface area contributed by atoms with Gasteiger partial charge in [-0.05, 0) is 6.42 Å². The van der Waals surface area contributed by atoms with E-state index in [1.165, 1.54) is 0 Å². The number of hydrogen-bond acceptors (Lipinski definition) is 6. The Morgan fingerprint density at radius 3 is 2.84 bits per heavy atom. The van der Waals surface area contributed by atoms with Gasteiger partial charge in [0, 0.05) is 6.54 Å². The predicted molar refractivity (Wildman–Crippen MR) is 80.6 cm³/mol. The molecule has 0 radical (unpaired) electrons. The molecule has 0 amide bonds. The molecule has 2 atom stereocenters. The van der Waals surface area contributed by atoms with E-state index >= 15 is 0 Å². The molecule has 19 heavy (non-hydrogen) atoms. The molecule has 9 heteroatoms. The topological polar surface area (TPSA) is 116 Å². The first-order chi connectivity index (χ1) is 8.11. The van der Waals surface area contributed by atoms with Crippen molar-refractivity contribution in [2.24, 2.45) is 0 Å². The van der Waals surface area contributed by atoms with Gasteiger partial charge in [0.15, 0.2) is 5.82 Å². The predicted octanol–water partition coefficient (Wildman–Crippen LogP) is 0.563. The van der Waals surface area contributed by atoms with E-state index in [0.717, 1.165) is 6.42 Å². The number of H-pyrrole nitrogens is 1. The number of fused-ring (bicyclic) bond motifs is 1. The second-order valence-electron chi connectivity index (χ2n) is 4.16. The summed E-state index contributed by atoms with van der Waals surface area (Å²) in [6.07, 6.45) is 1.09. The normalized spacial score (nSPS) is 17.9. The maximum Gasteiger partial charge on any atom is 0.277 e. The van der Waals surface area contributed by atoms with Crippen LogP contribution < -0.4 is 21.9 Å². The third kappa shape index (κ3) is 3.89. The quantitative estimate of drug-likeness (QED) is 0.557. The lowest BCUT2D eigenvalue weighted by Gasteiger charge is -2.30. The lowest BCUT2D eigenvalue weighted by atomic mass is 10.0. The van der Waals surface area contributed by atoms with E-state index in [1.807, 2.05) is 6.92 Å². The number of nitrogens with one attached hydrogen (secondary N) is 3. The Hall–Kier alpha value is -1.18. The van der Waals surface area contributed by atoms with Crippen LogP contribution in [0.5, 0.6) is 0 Å². The monoisotopic (exact) mass is 311 g/mol. The first kappa shape index (κ1) is 17.8. The Labute approximate surface area is 123 Å². The van der Waals surface area contributed by atoms with Crippen molar-refractivity contribution in [1.82, 2.24) is 9.97 Å². The molecular weight excluding hydrogens is 293 g/mol. The van der Waals surface area contributed by atoms with Crippen LogP contribution in [0.25, 0.3) is 0 Å². The summed E-state index contributed by atoms with van der Waals surface area (Å²) < 4.78 is 0. The fourth-order valence-electron chi connectivity index (χ4n) is 1.92. The van der Waals surface area contributed by atoms with Crippen molar-refractivity contribution in [2.75, 3.05) is 22.9 Å². The maximum atomic E-state index is 11.7. The highest BCUT2D eigenvalue weighted by molar-refractivity contribution is 5.85. The van der Waals surface area contributed by atoms with Crippen molar-refractivity contribution in [1.29, 1.82) is 0 Å². The highest BCUT2D eigenvalue weighted by atomic mass is 35.5. The zero-order valence-corrected chi connectivity index (χ0v) is 12.1. The van der Waals surface area contributed by atoms with Gasteiger partial charge >= 0.3 is 0 Å².